The first-order valence-electron chi connectivity index (χ1n) is 8.72. The van der Waals surface area contributed by atoms with Crippen LogP contribution in [0.3, 0.4) is 0 Å². The van der Waals surface area contributed by atoms with Gasteiger partial charge in [-0.3, -0.25) is 4.79 Å². The zero-order valence-corrected chi connectivity index (χ0v) is 13.7. The number of nitrogens with one attached hydrogen (secondary N) is 1. The van der Waals surface area contributed by atoms with Gasteiger partial charge in [-0.2, -0.15) is 0 Å². The zero-order chi connectivity index (χ0) is 16.5. The molecule has 4 nitrogen and oxygen atoms in total. The highest BCUT2D eigenvalue weighted by Gasteiger charge is 2.15. The van der Waals surface area contributed by atoms with Gasteiger partial charge in [0.1, 0.15) is 0 Å². The highest BCUT2D eigenvalue weighted by atomic mass is 16.4. The number of Topliss-reactive ketones (excluding diaryl/α,β-unsaturated/α-hetero) is 1. The summed E-state index contributed by atoms with van der Waals surface area (Å²) >= 11 is 0. The van der Waals surface area contributed by atoms with Gasteiger partial charge in [-0.25, -0.2) is 0 Å². The molecule has 0 atom stereocenters. The van der Waals surface area contributed by atoms with Crippen LogP contribution in [0.15, 0.2) is 24.3 Å². The van der Waals surface area contributed by atoms with Crippen LogP contribution in [0.2, 0.25) is 0 Å². The van der Waals surface area contributed by atoms with Crippen LogP contribution in [-0.2, 0) is 4.79 Å². The largest absolute Gasteiger partial charge is 0.550 e. The minimum absolute atomic E-state index is 0.413. The summed E-state index contributed by atoms with van der Waals surface area (Å²) in [5.74, 6) is -0.733. The van der Waals surface area contributed by atoms with Crippen LogP contribution in [-0.4, -0.2) is 18.3 Å². The number of unbranched alkanes of at least 4 members (excludes halogenated alkanes) is 3. The van der Waals surface area contributed by atoms with E-state index in [4.69, 9.17) is 0 Å². The van der Waals surface area contributed by atoms with Gasteiger partial charge in [0.25, 0.3) is 0 Å². The molecule has 1 aromatic rings. The van der Waals surface area contributed by atoms with E-state index in [1.54, 1.807) is 12.1 Å². The van der Waals surface area contributed by atoms with Crippen molar-refractivity contribution in [1.29, 1.82) is 0 Å². The highest BCUT2D eigenvalue weighted by Crippen LogP contribution is 2.31. The van der Waals surface area contributed by atoms with Gasteiger partial charge in [0.05, 0.1) is 6.42 Å². The number of hydrogen-bond donors (Lipinski definition) is 1. The maximum atomic E-state index is 11.6. The molecule has 0 radical (unpaired) electrons. The SMILES string of the molecule is O=C([O-])CC(=O)c1ccc(NCCCCCCC2CCC2)cc1. The van der Waals surface area contributed by atoms with Crippen LogP contribution in [0, 0.1) is 5.92 Å². The van der Waals surface area contributed by atoms with Crippen molar-refractivity contribution < 1.29 is 14.7 Å². The molecule has 1 saturated carbocycles. The molecule has 0 heterocycles. The molecule has 1 N–H and O–H groups in total. The number of benzene rings is 1. The topological polar surface area (TPSA) is 69.2 Å². The maximum absolute atomic E-state index is 11.6. The molecule has 0 amide bonds. The lowest BCUT2D eigenvalue weighted by Gasteiger charge is -2.24. The Balaban J connectivity index is 1.56. The van der Waals surface area contributed by atoms with Crippen LogP contribution in [0.4, 0.5) is 5.69 Å². The van der Waals surface area contributed by atoms with E-state index in [1.807, 2.05) is 12.1 Å². The van der Waals surface area contributed by atoms with Gasteiger partial charge < -0.3 is 15.2 Å². The van der Waals surface area contributed by atoms with Crippen molar-refractivity contribution in [3.05, 3.63) is 29.8 Å². The van der Waals surface area contributed by atoms with Gasteiger partial charge >= 0.3 is 0 Å². The van der Waals surface area contributed by atoms with Gasteiger partial charge in [0.2, 0.25) is 0 Å². The summed E-state index contributed by atoms with van der Waals surface area (Å²) in [4.78, 5) is 22.0. The van der Waals surface area contributed by atoms with Crippen molar-refractivity contribution in [2.75, 3.05) is 11.9 Å². The molecule has 4 heteroatoms. The van der Waals surface area contributed by atoms with E-state index in [9.17, 15) is 14.7 Å². The van der Waals surface area contributed by atoms with Crippen molar-refractivity contribution in [2.45, 2.75) is 57.8 Å². The molecule has 1 aromatic carbocycles. The molecule has 1 fully saturated rings. The Bertz CT molecular complexity index is 506. The quantitative estimate of drug-likeness (QED) is 0.387. The molecular weight excluding hydrogens is 290 g/mol. The van der Waals surface area contributed by atoms with Crippen molar-refractivity contribution in [2.24, 2.45) is 5.92 Å². The fraction of sp³-hybridized carbons (Fsp3) is 0.579. The second kappa shape index (κ2) is 9.33. The molecule has 1 aliphatic carbocycles. The predicted octanol–water partition coefficient (Wildman–Crippen LogP) is 3.17. The number of ketones is 1. The maximum Gasteiger partial charge on any atom is 0.168 e. The van der Waals surface area contributed by atoms with Gasteiger partial charge in [0.15, 0.2) is 5.78 Å². The Morgan fingerprint density at radius 1 is 1.04 bits per heavy atom. The Hall–Kier alpha value is -1.84. The van der Waals surface area contributed by atoms with Crippen LogP contribution < -0.4 is 10.4 Å². The van der Waals surface area contributed by atoms with Crippen molar-refractivity contribution in [1.82, 2.24) is 0 Å². The van der Waals surface area contributed by atoms with Crippen LogP contribution in [0.25, 0.3) is 0 Å². The molecule has 126 valence electrons. The monoisotopic (exact) mass is 316 g/mol. The fourth-order valence-corrected chi connectivity index (χ4v) is 2.93. The first-order valence-corrected chi connectivity index (χ1v) is 8.72. The Morgan fingerprint density at radius 2 is 1.74 bits per heavy atom. The average molecular weight is 316 g/mol. The molecule has 2 rings (SSSR count). The van der Waals surface area contributed by atoms with Gasteiger partial charge in [0, 0.05) is 23.8 Å². The lowest BCUT2D eigenvalue weighted by Crippen LogP contribution is -2.25. The van der Waals surface area contributed by atoms with Crippen LogP contribution >= 0.6 is 0 Å². The molecule has 23 heavy (non-hydrogen) atoms. The Labute approximate surface area is 138 Å². The normalized spacial score (nSPS) is 14.3. The lowest BCUT2D eigenvalue weighted by molar-refractivity contribution is -0.304. The van der Waals surface area contributed by atoms with E-state index in [2.05, 4.69) is 5.32 Å². The van der Waals surface area contributed by atoms with E-state index in [1.165, 1.54) is 44.9 Å². The molecule has 0 saturated heterocycles. The highest BCUT2D eigenvalue weighted by molar-refractivity contribution is 6.05. The number of carboxylic acid groups (broad SMARTS) is 1. The standard InChI is InChI=1S/C19H27NO3/c21-18(14-19(22)23)16-9-11-17(12-10-16)20-13-4-2-1-3-6-15-7-5-8-15/h9-12,15,20H,1-8,13-14H2,(H,22,23)/p-1. The first-order chi connectivity index (χ1) is 11.1. The number of carbonyl (C=O) groups excluding carboxylic acids is 2. The second-order valence-corrected chi connectivity index (χ2v) is 6.48. The third-order valence-electron chi connectivity index (χ3n) is 4.60. The lowest BCUT2D eigenvalue weighted by atomic mass is 9.82. The number of rotatable bonds is 11. The number of hydrogen-bond acceptors (Lipinski definition) is 4. The number of aliphatic carboxylic acids is 1. The smallest absolute Gasteiger partial charge is 0.168 e. The van der Waals surface area contributed by atoms with E-state index in [0.29, 0.717) is 5.56 Å². The summed E-state index contributed by atoms with van der Waals surface area (Å²) in [7, 11) is 0. The zero-order valence-electron chi connectivity index (χ0n) is 13.7. The molecule has 1 aliphatic rings. The number of carbonyl (C=O) groups is 2. The fourth-order valence-electron chi connectivity index (χ4n) is 2.93. The van der Waals surface area contributed by atoms with Gasteiger partial charge in [-0.05, 0) is 36.6 Å². The summed E-state index contributed by atoms with van der Waals surface area (Å²) in [6, 6.07) is 6.96. The van der Waals surface area contributed by atoms with E-state index < -0.39 is 18.2 Å². The second-order valence-electron chi connectivity index (χ2n) is 6.48. The summed E-state index contributed by atoms with van der Waals surface area (Å²) in [6.45, 7) is 0.926. The summed E-state index contributed by atoms with van der Waals surface area (Å²) in [5, 5.41) is 13.7. The average Bonchev–Trinajstić information content (AvgIpc) is 2.48. The first kappa shape index (κ1) is 17.5. The van der Waals surface area contributed by atoms with Gasteiger partial charge in [-0.15, -0.1) is 0 Å². The molecule has 0 aliphatic heterocycles. The molecule has 0 unspecified atom stereocenters. The number of carboxylic acids is 1. The van der Waals surface area contributed by atoms with E-state index >= 15 is 0 Å². The minimum Gasteiger partial charge on any atom is -0.550 e. The van der Waals surface area contributed by atoms with E-state index in [-0.39, 0.29) is 0 Å². The van der Waals surface area contributed by atoms with Crippen LogP contribution in [0.1, 0.15) is 68.1 Å². The predicted molar refractivity (Wildman–Crippen MR) is 89.3 cm³/mol. The van der Waals surface area contributed by atoms with Crippen molar-refractivity contribution in [3.63, 3.8) is 0 Å². The van der Waals surface area contributed by atoms with Crippen molar-refractivity contribution >= 4 is 17.4 Å². The van der Waals surface area contributed by atoms with E-state index in [0.717, 1.165) is 24.6 Å². The summed E-state index contributed by atoms with van der Waals surface area (Å²) in [6.07, 6.45) is 10.3. The van der Waals surface area contributed by atoms with Gasteiger partial charge in [-0.1, -0.05) is 44.9 Å². The molecular formula is C19H26NO3-. The summed E-state index contributed by atoms with van der Waals surface area (Å²) in [5.41, 5.74) is 1.38. The third-order valence-corrected chi connectivity index (χ3v) is 4.60. The summed E-state index contributed by atoms with van der Waals surface area (Å²) < 4.78 is 0. The molecule has 0 aromatic heterocycles. The molecule has 0 spiro atoms. The molecule has 0 bridgehead atoms. The number of anilines is 1. The van der Waals surface area contributed by atoms with Crippen molar-refractivity contribution in [3.8, 4) is 0 Å². The third kappa shape index (κ3) is 6.43. The Morgan fingerprint density at radius 3 is 2.35 bits per heavy atom. The Kier molecular flexibility index (Phi) is 7.11. The minimum atomic E-state index is -1.34. The van der Waals surface area contributed by atoms with Crippen LogP contribution in [0.5, 0.6) is 0 Å².